The maximum atomic E-state index is 12.3. The molecule has 2 unspecified atom stereocenters. The van der Waals surface area contributed by atoms with Crippen molar-refractivity contribution in [3.63, 3.8) is 0 Å². The average molecular weight is 254 g/mol. The number of fused-ring (bicyclic) bond motifs is 1. The van der Waals surface area contributed by atoms with E-state index in [4.69, 9.17) is 4.74 Å². The van der Waals surface area contributed by atoms with Gasteiger partial charge in [-0.2, -0.15) is 0 Å². The maximum absolute atomic E-state index is 12.3. The summed E-state index contributed by atoms with van der Waals surface area (Å²) in [5, 5.41) is 0. The molecule has 0 aromatic rings. The highest BCUT2D eigenvalue weighted by Crippen LogP contribution is 2.35. The summed E-state index contributed by atoms with van der Waals surface area (Å²) in [6, 6.07) is 0.300. The quantitative estimate of drug-likeness (QED) is 0.666. The molecule has 102 valence electrons. The average Bonchev–Trinajstić information content (AvgIpc) is 2.34. The number of carbonyl (C=O) groups excluding carboxylic acids is 2. The molecule has 0 aliphatic carbocycles. The zero-order chi connectivity index (χ0) is 13.5. The van der Waals surface area contributed by atoms with Crippen molar-refractivity contribution < 1.29 is 14.3 Å². The van der Waals surface area contributed by atoms with Crippen molar-refractivity contribution >= 4 is 12.0 Å². The number of esters is 1. The zero-order valence-electron chi connectivity index (χ0n) is 11.6. The molecule has 18 heavy (non-hydrogen) atoms. The highest BCUT2D eigenvalue weighted by atomic mass is 16.5. The number of nitrogens with zero attached hydrogens (tertiary/aromatic N) is 2. The summed E-state index contributed by atoms with van der Waals surface area (Å²) in [5.74, 6) is -0.362. The lowest BCUT2D eigenvalue weighted by Crippen LogP contribution is -2.64. The number of piperidine rings is 1. The van der Waals surface area contributed by atoms with Gasteiger partial charge in [-0.25, -0.2) is 4.79 Å². The van der Waals surface area contributed by atoms with Gasteiger partial charge in [-0.3, -0.25) is 4.79 Å². The van der Waals surface area contributed by atoms with Crippen LogP contribution in [0.25, 0.3) is 0 Å². The van der Waals surface area contributed by atoms with Crippen LogP contribution in [0, 0.1) is 5.92 Å². The van der Waals surface area contributed by atoms with E-state index in [-0.39, 0.29) is 29.5 Å². The molecule has 2 aliphatic rings. The Morgan fingerprint density at radius 3 is 2.67 bits per heavy atom. The maximum Gasteiger partial charge on any atom is 0.320 e. The summed E-state index contributed by atoms with van der Waals surface area (Å²) in [6.07, 6.45) is 2.67. The first-order valence-corrected chi connectivity index (χ1v) is 6.49. The van der Waals surface area contributed by atoms with Crippen LogP contribution in [0.15, 0.2) is 0 Å². The second kappa shape index (κ2) is 4.44. The Morgan fingerprint density at radius 1 is 1.39 bits per heavy atom. The third-order valence-electron chi connectivity index (χ3n) is 4.42. The van der Waals surface area contributed by atoms with Crippen LogP contribution in [0.3, 0.4) is 0 Å². The lowest BCUT2D eigenvalue weighted by molar-refractivity contribution is -0.148. The minimum Gasteiger partial charge on any atom is -0.469 e. The summed E-state index contributed by atoms with van der Waals surface area (Å²) in [7, 11) is 3.24. The number of hydrogen-bond acceptors (Lipinski definition) is 3. The van der Waals surface area contributed by atoms with Crippen LogP contribution in [0.1, 0.15) is 33.1 Å². The Hall–Kier alpha value is -1.26. The fourth-order valence-electron chi connectivity index (χ4n) is 3.00. The van der Waals surface area contributed by atoms with Crippen molar-refractivity contribution in [2.24, 2.45) is 5.92 Å². The van der Waals surface area contributed by atoms with Crippen molar-refractivity contribution in [3.05, 3.63) is 0 Å². The van der Waals surface area contributed by atoms with Gasteiger partial charge in [0.05, 0.1) is 13.0 Å². The minimum absolute atomic E-state index is 0.0323. The first-order valence-electron chi connectivity index (χ1n) is 6.49. The van der Waals surface area contributed by atoms with Crippen LogP contribution in [-0.2, 0) is 9.53 Å². The van der Waals surface area contributed by atoms with Gasteiger partial charge in [0.15, 0.2) is 0 Å². The summed E-state index contributed by atoms with van der Waals surface area (Å²) >= 11 is 0. The van der Waals surface area contributed by atoms with E-state index in [1.165, 1.54) is 7.11 Å². The standard InChI is InChI=1S/C13H22N2O3/c1-13(2)7-10-6-5-9(11(16)18-4)8-15(10)12(17)14(13)3/h9-10H,5-8H2,1-4H3. The molecule has 2 fully saturated rings. The molecule has 2 aliphatic heterocycles. The first-order chi connectivity index (χ1) is 8.36. The van der Waals surface area contributed by atoms with E-state index >= 15 is 0 Å². The molecule has 2 saturated heterocycles. The summed E-state index contributed by atoms with van der Waals surface area (Å²) < 4.78 is 4.78. The number of methoxy groups -OCH3 is 1. The molecule has 0 radical (unpaired) electrons. The van der Waals surface area contributed by atoms with Crippen molar-refractivity contribution in [2.75, 3.05) is 20.7 Å². The smallest absolute Gasteiger partial charge is 0.320 e. The topological polar surface area (TPSA) is 49.9 Å². The van der Waals surface area contributed by atoms with Gasteiger partial charge in [-0.1, -0.05) is 0 Å². The van der Waals surface area contributed by atoms with Gasteiger partial charge >= 0.3 is 12.0 Å². The largest absolute Gasteiger partial charge is 0.469 e. The van der Waals surface area contributed by atoms with E-state index < -0.39 is 0 Å². The molecular formula is C13H22N2O3. The molecule has 0 bridgehead atoms. The van der Waals surface area contributed by atoms with Crippen molar-refractivity contribution in [1.29, 1.82) is 0 Å². The fraction of sp³-hybridized carbons (Fsp3) is 0.846. The normalized spacial score (nSPS) is 31.0. The molecule has 2 rings (SSSR count). The number of urea groups is 1. The lowest BCUT2D eigenvalue weighted by atomic mass is 9.83. The number of ether oxygens (including phenoxy) is 1. The van der Waals surface area contributed by atoms with Gasteiger partial charge in [0.1, 0.15) is 0 Å². The molecule has 0 saturated carbocycles. The molecule has 2 atom stereocenters. The third kappa shape index (κ3) is 2.06. The van der Waals surface area contributed by atoms with Crippen molar-refractivity contribution in [2.45, 2.75) is 44.7 Å². The number of carbonyl (C=O) groups is 2. The predicted octanol–water partition coefficient (Wildman–Crippen LogP) is 1.47. The van der Waals surface area contributed by atoms with Crippen molar-refractivity contribution in [1.82, 2.24) is 9.80 Å². The minimum atomic E-state index is -0.200. The Bertz CT molecular complexity index is 367. The molecular weight excluding hydrogens is 232 g/mol. The van der Waals surface area contributed by atoms with Gasteiger partial charge in [0, 0.05) is 25.2 Å². The molecule has 0 spiro atoms. The highest BCUT2D eigenvalue weighted by Gasteiger charge is 2.45. The third-order valence-corrected chi connectivity index (χ3v) is 4.42. The van der Waals surface area contributed by atoms with Crippen LogP contribution in [0.5, 0.6) is 0 Å². The van der Waals surface area contributed by atoms with E-state index in [0.717, 1.165) is 19.3 Å². The monoisotopic (exact) mass is 254 g/mol. The molecule has 0 aromatic heterocycles. The SMILES string of the molecule is COC(=O)C1CCC2CC(C)(C)N(C)C(=O)N2C1. The number of rotatable bonds is 1. The summed E-state index contributed by atoms with van der Waals surface area (Å²) in [5.41, 5.74) is -0.101. The van der Waals surface area contributed by atoms with Crippen LogP contribution in [-0.4, -0.2) is 54.1 Å². The zero-order valence-corrected chi connectivity index (χ0v) is 11.6. The Labute approximate surface area is 108 Å². The molecule has 0 N–H and O–H groups in total. The molecule has 5 nitrogen and oxygen atoms in total. The Balaban J connectivity index is 2.13. The van der Waals surface area contributed by atoms with Gasteiger partial charge in [-0.05, 0) is 33.1 Å². The van der Waals surface area contributed by atoms with Crippen LogP contribution in [0.2, 0.25) is 0 Å². The first kappa shape index (κ1) is 13.2. The van der Waals surface area contributed by atoms with E-state index in [0.29, 0.717) is 6.54 Å². The van der Waals surface area contributed by atoms with E-state index in [1.54, 1.807) is 4.90 Å². The van der Waals surface area contributed by atoms with E-state index in [1.807, 2.05) is 11.9 Å². The van der Waals surface area contributed by atoms with Gasteiger partial charge in [0.25, 0.3) is 0 Å². The number of amides is 2. The molecule has 2 heterocycles. The molecule has 5 heteroatoms. The highest BCUT2D eigenvalue weighted by molar-refractivity contribution is 5.79. The van der Waals surface area contributed by atoms with E-state index in [9.17, 15) is 9.59 Å². The van der Waals surface area contributed by atoms with Gasteiger partial charge in [-0.15, -0.1) is 0 Å². The fourth-order valence-corrected chi connectivity index (χ4v) is 3.00. The summed E-state index contributed by atoms with van der Waals surface area (Å²) in [4.78, 5) is 27.5. The van der Waals surface area contributed by atoms with Crippen LogP contribution >= 0.6 is 0 Å². The Morgan fingerprint density at radius 2 is 2.06 bits per heavy atom. The second-order valence-corrected chi connectivity index (χ2v) is 5.96. The lowest BCUT2D eigenvalue weighted by Gasteiger charge is -2.52. The van der Waals surface area contributed by atoms with Crippen LogP contribution in [0.4, 0.5) is 4.79 Å². The number of hydrogen-bond donors (Lipinski definition) is 0. The van der Waals surface area contributed by atoms with Crippen LogP contribution < -0.4 is 0 Å². The summed E-state index contributed by atoms with van der Waals surface area (Å²) in [6.45, 7) is 4.68. The molecule has 0 aromatic carbocycles. The van der Waals surface area contributed by atoms with Gasteiger partial charge < -0.3 is 14.5 Å². The van der Waals surface area contributed by atoms with E-state index in [2.05, 4.69) is 13.8 Å². The second-order valence-electron chi connectivity index (χ2n) is 5.96. The predicted molar refractivity (Wildman–Crippen MR) is 67.1 cm³/mol. The van der Waals surface area contributed by atoms with Gasteiger partial charge in [0.2, 0.25) is 0 Å². The molecule has 2 amide bonds. The Kier molecular flexibility index (Phi) is 3.25. The van der Waals surface area contributed by atoms with Crippen molar-refractivity contribution in [3.8, 4) is 0 Å².